The second-order valence-electron chi connectivity index (χ2n) is 7.59. The van der Waals surface area contributed by atoms with E-state index >= 15 is 0 Å². The summed E-state index contributed by atoms with van der Waals surface area (Å²) >= 11 is 0. The highest BCUT2D eigenvalue weighted by Crippen LogP contribution is 2.32. The Morgan fingerprint density at radius 1 is 1.16 bits per heavy atom. The van der Waals surface area contributed by atoms with E-state index in [1.54, 1.807) is 0 Å². The van der Waals surface area contributed by atoms with Crippen molar-refractivity contribution in [1.29, 1.82) is 0 Å². The van der Waals surface area contributed by atoms with Crippen LogP contribution in [0.4, 0.5) is 4.79 Å². The minimum atomic E-state index is -0.764. The summed E-state index contributed by atoms with van der Waals surface area (Å²) in [5.41, 5.74) is -0.764. The van der Waals surface area contributed by atoms with Crippen molar-refractivity contribution < 1.29 is 14.4 Å². The molecule has 4 amide bonds. The minimum absolute atomic E-state index is 0.142. The van der Waals surface area contributed by atoms with Crippen LogP contribution in [0, 0.1) is 0 Å². The van der Waals surface area contributed by atoms with Crippen molar-refractivity contribution in [3.05, 3.63) is 0 Å². The zero-order valence-electron chi connectivity index (χ0n) is 15.2. The van der Waals surface area contributed by atoms with E-state index in [9.17, 15) is 14.4 Å². The van der Waals surface area contributed by atoms with Crippen molar-refractivity contribution in [2.24, 2.45) is 0 Å². The normalized spacial score (nSPS) is 25.1. The standard InChI is InChI=1S/C18H30N4O3/c1-2-21-11-7-14(8-12-21)19-15(23)13-22-16(24)18(20-17(22)25)9-5-3-4-6-10-18/h14H,2-13H2,1H3,(H,19,23)(H,20,25). The number of carbonyl (C=O) groups excluding carboxylic acids is 3. The van der Waals surface area contributed by atoms with E-state index in [0.29, 0.717) is 12.8 Å². The highest BCUT2D eigenvalue weighted by atomic mass is 16.2. The number of nitrogens with one attached hydrogen (secondary N) is 2. The Kier molecular flexibility index (Phi) is 5.61. The molecule has 3 aliphatic rings. The van der Waals surface area contributed by atoms with E-state index in [-0.39, 0.29) is 24.4 Å². The Morgan fingerprint density at radius 2 is 1.80 bits per heavy atom. The molecule has 0 aromatic heterocycles. The van der Waals surface area contributed by atoms with Gasteiger partial charge in [-0.2, -0.15) is 0 Å². The number of urea groups is 1. The molecule has 1 spiro atoms. The Morgan fingerprint density at radius 3 is 2.40 bits per heavy atom. The molecule has 0 unspecified atom stereocenters. The van der Waals surface area contributed by atoms with Gasteiger partial charge in [-0.05, 0) is 32.2 Å². The van der Waals surface area contributed by atoms with Crippen molar-refractivity contribution in [2.45, 2.75) is 69.9 Å². The molecule has 0 aromatic rings. The van der Waals surface area contributed by atoms with Gasteiger partial charge >= 0.3 is 6.03 Å². The van der Waals surface area contributed by atoms with Crippen LogP contribution in [0.3, 0.4) is 0 Å². The predicted octanol–water partition coefficient (Wildman–Crippen LogP) is 1.23. The Hall–Kier alpha value is -1.63. The molecule has 2 saturated heterocycles. The molecule has 25 heavy (non-hydrogen) atoms. The third kappa shape index (κ3) is 3.97. The van der Waals surface area contributed by atoms with E-state index in [2.05, 4.69) is 22.5 Å². The lowest BCUT2D eigenvalue weighted by Gasteiger charge is -2.31. The van der Waals surface area contributed by atoms with Gasteiger partial charge in [0.25, 0.3) is 5.91 Å². The molecule has 2 N–H and O–H groups in total. The quantitative estimate of drug-likeness (QED) is 0.747. The van der Waals surface area contributed by atoms with E-state index in [4.69, 9.17) is 0 Å². The van der Waals surface area contributed by atoms with E-state index in [1.165, 1.54) is 0 Å². The number of imide groups is 1. The molecule has 7 heteroatoms. The van der Waals surface area contributed by atoms with Crippen molar-refractivity contribution in [1.82, 2.24) is 20.4 Å². The molecule has 2 heterocycles. The smallest absolute Gasteiger partial charge is 0.325 e. The highest BCUT2D eigenvalue weighted by Gasteiger charge is 2.51. The van der Waals surface area contributed by atoms with Crippen LogP contribution < -0.4 is 10.6 Å². The molecule has 0 atom stereocenters. The minimum Gasteiger partial charge on any atom is -0.352 e. The van der Waals surface area contributed by atoms with Crippen molar-refractivity contribution in [3.63, 3.8) is 0 Å². The van der Waals surface area contributed by atoms with Crippen LogP contribution in [-0.2, 0) is 9.59 Å². The van der Waals surface area contributed by atoms with Gasteiger partial charge in [0.1, 0.15) is 12.1 Å². The first-order valence-electron chi connectivity index (χ1n) is 9.70. The molecule has 0 aromatic carbocycles. The molecule has 0 bridgehead atoms. The molecular weight excluding hydrogens is 320 g/mol. The SMILES string of the molecule is CCN1CCC(NC(=O)CN2C(=O)NC3(CCCCCC3)C2=O)CC1. The molecule has 1 saturated carbocycles. The van der Waals surface area contributed by atoms with Crippen LogP contribution in [0.1, 0.15) is 58.3 Å². The summed E-state index contributed by atoms with van der Waals surface area (Å²) in [7, 11) is 0. The van der Waals surface area contributed by atoms with Gasteiger partial charge in [-0.1, -0.05) is 32.6 Å². The number of hydrogen-bond donors (Lipinski definition) is 2. The number of likely N-dealkylation sites (tertiary alicyclic amines) is 1. The summed E-state index contributed by atoms with van der Waals surface area (Å²) in [4.78, 5) is 40.9. The summed E-state index contributed by atoms with van der Waals surface area (Å²) in [6.07, 6.45) is 7.30. The maximum Gasteiger partial charge on any atom is 0.325 e. The molecule has 0 radical (unpaired) electrons. The van der Waals surface area contributed by atoms with E-state index in [0.717, 1.165) is 63.1 Å². The maximum atomic E-state index is 12.8. The zero-order valence-corrected chi connectivity index (χ0v) is 15.2. The Bertz CT molecular complexity index is 520. The van der Waals surface area contributed by atoms with Crippen LogP contribution in [0.15, 0.2) is 0 Å². The molecule has 1 aliphatic carbocycles. The Balaban J connectivity index is 1.54. The molecule has 140 valence electrons. The molecule has 2 aliphatic heterocycles. The van der Waals surface area contributed by atoms with Crippen LogP contribution in [-0.4, -0.2) is 65.4 Å². The van der Waals surface area contributed by atoms with Crippen LogP contribution in [0.25, 0.3) is 0 Å². The molecule has 3 fully saturated rings. The zero-order chi connectivity index (χ0) is 17.9. The monoisotopic (exact) mass is 350 g/mol. The predicted molar refractivity (Wildman–Crippen MR) is 94.0 cm³/mol. The van der Waals surface area contributed by atoms with Crippen LogP contribution >= 0.6 is 0 Å². The first-order valence-corrected chi connectivity index (χ1v) is 9.70. The molecule has 3 rings (SSSR count). The van der Waals surface area contributed by atoms with Gasteiger partial charge < -0.3 is 15.5 Å². The highest BCUT2D eigenvalue weighted by molar-refractivity contribution is 6.09. The second kappa shape index (κ2) is 7.72. The third-order valence-electron chi connectivity index (χ3n) is 5.90. The van der Waals surface area contributed by atoms with Gasteiger partial charge in [0.2, 0.25) is 5.91 Å². The number of amides is 4. The van der Waals surface area contributed by atoms with Gasteiger partial charge in [0, 0.05) is 19.1 Å². The maximum absolute atomic E-state index is 12.8. The molecular formula is C18H30N4O3. The number of nitrogens with zero attached hydrogens (tertiary/aromatic N) is 2. The van der Waals surface area contributed by atoms with Crippen LogP contribution in [0.5, 0.6) is 0 Å². The van der Waals surface area contributed by atoms with Crippen molar-refractivity contribution >= 4 is 17.8 Å². The lowest BCUT2D eigenvalue weighted by molar-refractivity contribution is -0.135. The van der Waals surface area contributed by atoms with Gasteiger partial charge in [-0.15, -0.1) is 0 Å². The van der Waals surface area contributed by atoms with Crippen molar-refractivity contribution in [2.75, 3.05) is 26.2 Å². The fourth-order valence-electron chi connectivity index (χ4n) is 4.30. The average molecular weight is 350 g/mol. The van der Waals surface area contributed by atoms with Crippen LogP contribution in [0.2, 0.25) is 0 Å². The summed E-state index contributed by atoms with van der Waals surface area (Å²) < 4.78 is 0. The lowest BCUT2D eigenvalue weighted by atomic mass is 9.90. The summed E-state index contributed by atoms with van der Waals surface area (Å²) in [6, 6.07) is -0.272. The van der Waals surface area contributed by atoms with Gasteiger partial charge in [0.15, 0.2) is 0 Å². The molecule has 7 nitrogen and oxygen atoms in total. The summed E-state index contributed by atoms with van der Waals surface area (Å²) in [5.74, 6) is -0.445. The van der Waals surface area contributed by atoms with Gasteiger partial charge in [0.05, 0.1) is 0 Å². The summed E-state index contributed by atoms with van der Waals surface area (Å²) in [5, 5.41) is 5.88. The fraction of sp³-hybridized carbons (Fsp3) is 0.833. The number of piperidine rings is 1. The second-order valence-corrected chi connectivity index (χ2v) is 7.59. The number of hydrogen-bond acceptors (Lipinski definition) is 4. The summed E-state index contributed by atoms with van der Waals surface area (Å²) in [6.45, 7) is 4.97. The lowest BCUT2D eigenvalue weighted by Crippen LogP contribution is -2.49. The Labute approximate surface area is 149 Å². The topological polar surface area (TPSA) is 81.8 Å². The van der Waals surface area contributed by atoms with E-state index in [1.807, 2.05) is 0 Å². The number of rotatable bonds is 4. The van der Waals surface area contributed by atoms with Gasteiger partial charge in [-0.25, -0.2) is 4.79 Å². The van der Waals surface area contributed by atoms with Crippen molar-refractivity contribution in [3.8, 4) is 0 Å². The largest absolute Gasteiger partial charge is 0.352 e. The third-order valence-corrected chi connectivity index (χ3v) is 5.90. The number of carbonyl (C=O) groups is 3. The fourth-order valence-corrected chi connectivity index (χ4v) is 4.30. The first kappa shape index (κ1) is 18.2. The van der Waals surface area contributed by atoms with Gasteiger partial charge in [-0.3, -0.25) is 14.5 Å². The van der Waals surface area contributed by atoms with E-state index < -0.39 is 11.6 Å². The first-order chi connectivity index (χ1) is 12.0. The average Bonchev–Trinajstić information content (AvgIpc) is 2.77.